The minimum Gasteiger partial charge on any atom is -0.444 e. The van der Waals surface area contributed by atoms with Gasteiger partial charge in [0.25, 0.3) is 0 Å². The van der Waals surface area contributed by atoms with Crippen molar-refractivity contribution < 1.29 is 24.5 Å². The number of aliphatic hydroxyl groups is 2. The van der Waals surface area contributed by atoms with Gasteiger partial charge in [-0.05, 0) is 45.8 Å². The summed E-state index contributed by atoms with van der Waals surface area (Å²) >= 11 is 2.97. The monoisotopic (exact) mass is 544 g/mol. The van der Waals surface area contributed by atoms with Gasteiger partial charge in [0, 0.05) is 18.6 Å². The van der Waals surface area contributed by atoms with E-state index in [2.05, 4.69) is 15.6 Å². The van der Waals surface area contributed by atoms with E-state index < -0.39 is 29.9 Å². The van der Waals surface area contributed by atoms with E-state index >= 15 is 0 Å². The van der Waals surface area contributed by atoms with Gasteiger partial charge in [-0.15, -0.1) is 0 Å². The summed E-state index contributed by atoms with van der Waals surface area (Å²) in [6.45, 7) is 5.26. The predicted octanol–water partition coefficient (Wildman–Crippen LogP) is 3.47. The summed E-state index contributed by atoms with van der Waals surface area (Å²) < 4.78 is 7.18. The summed E-state index contributed by atoms with van der Waals surface area (Å²) in [7, 11) is 1.85. The minimum atomic E-state index is -0.755. The Labute approximate surface area is 223 Å². The largest absolute Gasteiger partial charge is 0.444 e. The second-order valence-electron chi connectivity index (χ2n) is 10.5. The van der Waals surface area contributed by atoms with E-state index in [9.17, 15) is 19.8 Å². The SMILES string of the molecule is CSC[C@H](NC(=O)OC(C)(C)C)C(=O)N[C@@H](CC1CCCCC1)[C@@H](O)CCSc1ncc(CO)n1C. The second kappa shape index (κ2) is 15.1. The first-order valence-corrected chi connectivity index (χ1v) is 15.1. The molecule has 1 aliphatic carbocycles. The molecule has 0 saturated heterocycles. The highest BCUT2D eigenvalue weighted by atomic mass is 32.2. The first-order chi connectivity index (χ1) is 17.0. The van der Waals surface area contributed by atoms with E-state index in [1.165, 1.54) is 42.8 Å². The number of ether oxygens (including phenoxy) is 1. The summed E-state index contributed by atoms with van der Waals surface area (Å²) in [5, 5.41) is 27.0. The van der Waals surface area contributed by atoms with Crippen LogP contribution in [0.25, 0.3) is 0 Å². The lowest BCUT2D eigenvalue weighted by Crippen LogP contribution is -2.54. The number of amides is 2. The number of aromatic nitrogens is 2. The molecule has 206 valence electrons. The lowest BCUT2D eigenvalue weighted by atomic mass is 9.83. The molecule has 1 aromatic heterocycles. The van der Waals surface area contributed by atoms with Crippen LogP contribution in [-0.4, -0.2) is 73.3 Å². The number of nitrogens with zero attached hydrogens (tertiary/aromatic N) is 2. The van der Waals surface area contributed by atoms with Crippen LogP contribution in [0.2, 0.25) is 0 Å². The molecule has 2 amide bonds. The fourth-order valence-corrected chi connectivity index (χ4v) is 5.90. The van der Waals surface area contributed by atoms with Gasteiger partial charge in [0.2, 0.25) is 5.91 Å². The molecule has 1 fully saturated rings. The van der Waals surface area contributed by atoms with Crippen molar-refractivity contribution in [3.63, 3.8) is 0 Å². The van der Waals surface area contributed by atoms with Crippen LogP contribution in [0.3, 0.4) is 0 Å². The third-order valence-corrected chi connectivity index (χ3v) is 8.04. The van der Waals surface area contributed by atoms with Crippen molar-refractivity contribution in [2.45, 2.75) is 101 Å². The summed E-state index contributed by atoms with van der Waals surface area (Å²) in [5.41, 5.74) is 0.0744. The van der Waals surface area contributed by atoms with Crippen LogP contribution in [0.5, 0.6) is 0 Å². The van der Waals surface area contributed by atoms with Gasteiger partial charge in [-0.1, -0.05) is 43.9 Å². The number of aliphatic hydroxyl groups excluding tert-OH is 2. The molecule has 9 nitrogen and oxygen atoms in total. The van der Waals surface area contributed by atoms with Crippen molar-refractivity contribution >= 4 is 35.5 Å². The van der Waals surface area contributed by atoms with Crippen LogP contribution in [0.4, 0.5) is 4.79 Å². The molecule has 0 bridgehead atoms. The Bertz CT molecular complexity index is 824. The van der Waals surface area contributed by atoms with Crippen molar-refractivity contribution in [1.29, 1.82) is 0 Å². The van der Waals surface area contributed by atoms with Crippen LogP contribution < -0.4 is 10.6 Å². The number of carbonyl (C=O) groups excluding carboxylic acids is 2. The molecular weight excluding hydrogens is 500 g/mol. The highest BCUT2D eigenvalue weighted by Crippen LogP contribution is 2.29. The van der Waals surface area contributed by atoms with Gasteiger partial charge in [0.1, 0.15) is 11.6 Å². The van der Waals surface area contributed by atoms with Gasteiger partial charge in [0.15, 0.2) is 5.16 Å². The zero-order valence-corrected chi connectivity index (χ0v) is 23.9. The average molecular weight is 545 g/mol. The maximum Gasteiger partial charge on any atom is 0.408 e. The maximum absolute atomic E-state index is 13.2. The number of rotatable bonds is 13. The predicted molar refractivity (Wildman–Crippen MR) is 145 cm³/mol. The minimum absolute atomic E-state index is 0.0727. The third-order valence-electron chi connectivity index (χ3n) is 6.29. The Morgan fingerprint density at radius 2 is 1.94 bits per heavy atom. The third kappa shape index (κ3) is 10.5. The van der Waals surface area contributed by atoms with Crippen molar-refractivity contribution in [2.24, 2.45) is 13.0 Å². The molecule has 0 spiro atoms. The van der Waals surface area contributed by atoms with Gasteiger partial charge in [-0.3, -0.25) is 4.79 Å². The molecule has 36 heavy (non-hydrogen) atoms. The summed E-state index contributed by atoms with van der Waals surface area (Å²) in [6.07, 6.45) is 9.18. The number of nitrogens with one attached hydrogen (secondary N) is 2. The maximum atomic E-state index is 13.2. The number of thioether (sulfide) groups is 2. The zero-order chi connectivity index (χ0) is 26.7. The van der Waals surface area contributed by atoms with Gasteiger partial charge in [-0.25, -0.2) is 9.78 Å². The standard InChI is InChI=1S/C25H44N4O5S2/c1-25(2,3)34-24(33)28-20(16-35-5)22(32)27-19(13-17-9-7-6-8-10-17)21(31)11-12-36-23-26-14-18(15-30)29(23)4/h14,17,19-21,30-31H,6-13,15-16H2,1-5H3,(H,27,32)(H,28,33)/t19-,20-,21-/m0/s1. The van der Waals surface area contributed by atoms with E-state index in [0.717, 1.165) is 23.7 Å². The Morgan fingerprint density at radius 3 is 2.53 bits per heavy atom. The molecule has 11 heteroatoms. The van der Waals surface area contributed by atoms with Gasteiger partial charge < -0.3 is 30.2 Å². The number of hydrogen-bond donors (Lipinski definition) is 4. The first kappa shape index (κ1) is 30.8. The molecule has 1 heterocycles. The number of alkyl carbamates (subject to hydrolysis) is 1. The summed E-state index contributed by atoms with van der Waals surface area (Å²) in [4.78, 5) is 29.9. The lowest BCUT2D eigenvalue weighted by Gasteiger charge is -2.31. The Balaban J connectivity index is 2.02. The number of carbonyl (C=O) groups is 2. The molecule has 1 aromatic rings. The Morgan fingerprint density at radius 1 is 1.25 bits per heavy atom. The highest BCUT2D eigenvalue weighted by molar-refractivity contribution is 7.99. The molecule has 1 saturated carbocycles. The van der Waals surface area contributed by atoms with Gasteiger partial charge in [-0.2, -0.15) is 11.8 Å². The second-order valence-corrected chi connectivity index (χ2v) is 12.4. The molecule has 0 unspecified atom stereocenters. The molecule has 4 N–H and O–H groups in total. The van der Waals surface area contributed by atoms with Gasteiger partial charge >= 0.3 is 6.09 Å². The van der Waals surface area contributed by atoms with Crippen LogP contribution >= 0.6 is 23.5 Å². The summed E-state index contributed by atoms with van der Waals surface area (Å²) in [6, 6.07) is -1.16. The number of hydrogen-bond acceptors (Lipinski definition) is 8. The molecule has 0 aliphatic heterocycles. The smallest absolute Gasteiger partial charge is 0.408 e. The van der Waals surface area contributed by atoms with Crippen LogP contribution in [0.15, 0.2) is 11.4 Å². The van der Waals surface area contributed by atoms with E-state index in [0.29, 0.717) is 30.3 Å². The van der Waals surface area contributed by atoms with Crippen molar-refractivity contribution in [2.75, 3.05) is 17.8 Å². The Hall–Kier alpha value is -1.43. The molecule has 1 aliphatic rings. The van der Waals surface area contributed by atoms with E-state index in [1.54, 1.807) is 27.0 Å². The fraction of sp³-hybridized carbons (Fsp3) is 0.800. The highest BCUT2D eigenvalue weighted by Gasteiger charge is 2.30. The average Bonchev–Trinajstić information content (AvgIpc) is 3.17. The normalized spacial score (nSPS) is 17.3. The Kier molecular flexibility index (Phi) is 12.9. The first-order valence-electron chi connectivity index (χ1n) is 12.7. The van der Waals surface area contributed by atoms with Crippen LogP contribution in [0.1, 0.15) is 71.4 Å². The molecule has 3 atom stereocenters. The zero-order valence-electron chi connectivity index (χ0n) is 22.3. The fourth-order valence-electron chi connectivity index (χ4n) is 4.36. The molecule has 0 aromatic carbocycles. The van der Waals surface area contributed by atoms with E-state index in [1.807, 2.05) is 17.9 Å². The van der Waals surface area contributed by atoms with Crippen molar-refractivity contribution in [3.8, 4) is 0 Å². The quantitative estimate of drug-likeness (QED) is 0.278. The van der Waals surface area contributed by atoms with Gasteiger partial charge in [0.05, 0.1) is 30.6 Å². The lowest BCUT2D eigenvalue weighted by molar-refractivity contribution is -0.124. The topological polar surface area (TPSA) is 126 Å². The van der Waals surface area contributed by atoms with Crippen LogP contribution in [0, 0.1) is 5.92 Å². The van der Waals surface area contributed by atoms with Crippen molar-refractivity contribution in [1.82, 2.24) is 20.2 Å². The molecule has 0 radical (unpaired) electrons. The number of imidazole rings is 1. The molecular formula is C25H44N4O5S2. The van der Waals surface area contributed by atoms with E-state index in [-0.39, 0.29) is 12.5 Å². The van der Waals surface area contributed by atoms with Crippen molar-refractivity contribution in [3.05, 3.63) is 11.9 Å². The molecule has 2 rings (SSSR count). The van der Waals surface area contributed by atoms with Crippen LogP contribution in [-0.2, 0) is 23.2 Å². The summed E-state index contributed by atoms with van der Waals surface area (Å²) in [5.74, 6) is 1.18. The van der Waals surface area contributed by atoms with E-state index in [4.69, 9.17) is 4.74 Å².